The van der Waals surface area contributed by atoms with Gasteiger partial charge in [-0.3, -0.25) is 0 Å². The van der Waals surface area contributed by atoms with Crippen molar-refractivity contribution in [2.24, 2.45) is 0 Å². The van der Waals surface area contributed by atoms with E-state index in [-0.39, 0.29) is 10.6 Å². The standard InChI is InChI=1S/C8H10NO2Te/c1-12(2)8-5-3-7(4-6-8)9(10)11/h3-6H,1-2H3/q+1. The summed E-state index contributed by atoms with van der Waals surface area (Å²) in [5.41, 5.74) is 0.179. The molecule has 4 heteroatoms. The number of rotatable bonds is 2. The summed E-state index contributed by atoms with van der Waals surface area (Å²) >= 11 is -1.08. The van der Waals surface area contributed by atoms with Gasteiger partial charge in [0.25, 0.3) is 0 Å². The zero-order chi connectivity index (χ0) is 9.14. The Balaban J connectivity index is 2.93. The van der Waals surface area contributed by atoms with Crippen LogP contribution >= 0.6 is 0 Å². The molecule has 3 nitrogen and oxygen atoms in total. The maximum atomic E-state index is 10.3. The Morgan fingerprint density at radius 1 is 1.25 bits per heavy atom. The van der Waals surface area contributed by atoms with Crippen molar-refractivity contribution in [3.8, 4) is 0 Å². The zero-order valence-electron chi connectivity index (χ0n) is 6.98. The van der Waals surface area contributed by atoms with E-state index in [1.165, 1.54) is 3.61 Å². The van der Waals surface area contributed by atoms with Gasteiger partial charge in [-0.25, -0.2) is 0 Å². The van der Waals surface area contributed by atoms with Crippen molar-refractivity contribution in [3.05, 3.63) is 34.4 Å². The second-order valence-corrected chi connectivity index (χ2v) is 8.57. The Hall–Kier alpha value is -0.590. The Kier molecular flexibility index (Phi) is 3.07. The first-order valence-electron chi connectivity index (χ1n) is 3.43. The van der Waals surface area contributed by atoms with Crippen LogP contribution in [-0.4, -0.2) is 24.5 Å². The zero-order valence-corrected chi connectivity index (χ0v) is 9.31. The number of nitro groups is 1. The van der Waals surface area contributed by atoms with Gasteiger partial charge in [0.2, 0.25) is 0 Å². The molecule has 0 amide bonds. The third-order valence-electron chi connectivity index (χ3n) is 1.52. The summed E-state index contributed by atoms with van der Waals surface area (Å²) in [5, 5.41) is 10.3. The van der Waals surface area contributed by atoms with Crippen molar-refractivity contribution in [1.29, 1.82) is 0 Å². The Bertz CT molecular complexity index is 282. The molecule has 0 heterocycles. The van der Waals surface area contributed by atoms with Gasteiger partial charge >= 0.3 is 78.1 Å². The van der Waals surface area contributed by atoms with Crippen molar-refractivity contribution in [2.45, 2.75) is 9.94 Å². The molecule has 0 aliphatic carbocycles. The van der Waals surface area contributed by atoms with E-state index in [9.17, 15) is 10.1 Å². The molecule has 0 bridgehead atoms. The quantitative estimate of drug-likeness (QED) is 0.468. The van der Waals surface area contributed by atoms with Gasteiger partial charge in [0.15, 0.2) is 0 Å². The van der Waals surface area contributed by atoms with Crippen LogP contribution in [0.25, 0.3) is 0 Å². The first-order chi connectivity index (χ1) is 5.61. The summed E-state index contributed by atoms with van der Waals surface area (Å²) in [4.78, 5) is 14.4. The van der Waals surface area contributed by atoms with Gasteiger partial charge in [-0.15, -0.1) is 0 Å². The second kappa shape index (κ2) is 3.88. The third kappa shape index (κ3) is 2.20. The van der Waals surface area contributed by atoms with Crippen molar-refractivity contribution in [1.82, 2.24) is 0 Å². The molecule has 0 aliphatic heterocycles. The average molecular weight is 280 g/mol. The van der Waals surface area contributed by atoms with E-state index in [1.54, 1.807) is 12.1 Å². The monoisotopic (exact) mass is 282 g/mol. The molecule has 12 heavy (non-hydrogen) atoms. The Morgan fingerprint density at radius 2 is 1.75 bits per heavy atom. The number of nitro benzene ring substituents is 1. The molecule has 1 rings (SSSR count). The predicted molar refractivity (Wildman–Crippen MR) is 50.2 cm³/mol. The first kappa shape index (κ1) is 9.50. The maximum absolute atomic E-state index is 10.3. The van der Waals surface area contributed by atoms with Gasteiger partial charge in [-0.05, 0) is 0 Å². The number of hydrogen-bond acceptors (Lipinski definition) is 2. The fourth-order valence-corrected chi connectivity index (χ4v) is 2.78. The molecule has 64 valence electrons. The van der Waals surface area contributed by atoms with E-state index in [4.69, 9.17) is 0 Å². The SMILES string of the molecule is C[Te+](C)c1ccc([N+](=O)[O-])cc1. The van der Waals surface area contributed by atoms with Gasteiger partial charge in [0, 0.05) is 0 Å². The third-order valence-corrected chi connectivity index (χ3v) is 4.99. The predicted octanol–water partition coefficient (Wildman–Crippen LogP) is 1.56. The number of hydrogen-bond donors (Lipinski definition) is 0. The van der Waals surface area contributed by atoms with Gasteiger partial charge < -0.3 is 0 Å². The van der Waals surface area contributed by atoms with E-state index < -0.39 is 19.6 Å². The number of nitrogens with zero attached hydrogens (tertiary/aromatic N) is 1. The minimum atomic E-state index is -1.08. The summed E-state index contributed by atoms with van der Waals surface area (Å²) in [6, 6.07) is 6.90. The van der Waals surface area contributed by atoms with Crippen LogP contribution in [0, 0.1) is 10.1 Å². The molecule has 0 aromatic heterocycles. The molecule has 0 N–H and O–H groups in total. The molecule has 0 spiro atoms. The van der Waals surface area contributed by atoms with Gasteiger partial charge in [0.05, 0.1) is 0 Å². The topological polar surface area (TPSA) is 43.1 Å². The molecule has 0 saturated heterocycles. The second-order valence-electron chi connectivity index (χ2n) is 2.57. The van der Waals surface area contributed by atoms with E-state index in [1.807, 2.05) is 12.1 Å². The van der Waals surface area contributed by atoms with Crippen LogP contribution < -0.4 is 3.61 Å². The fraction of sp³-hybridized carbons (Fsp3) is 0.250. The summed E-state index contributed by atoms with van der Waals surface area (Å²) in [5.74, 6) is 0. The van der Waals surface area contributed by atoms with Gasteiger partial charge in [-0.2, -0.15) is 0 Å². The van der Waals surface area contributed by atoms with Gasteiger partial charge in [-0.1, -0.05) is 0 Å². The van der Waals surface area contributed by atoms with Crippen LogP contribution in [0.1, 0.15) is 0 Å². The van der Waals surface area contributed by atoms with Crippen molar-refractivity contribution in [2.75, 3.05) is 0 Å². The summed E-state index contributed by atoms with van der Waals surface area (Å²) in [6.45, 7) is 0. The van der Waals surface area contributed by atoms with Crippen molar-refractivity contribution in [3.63, 3.8) is 0 Å². The molecule has 0 fully saturated rings. The minimum absolute atomic E-state index is 0.179. The molecule has 0 unspecified atom stereocenters. The van der Waals surface area contributed by atoms with Gasteiger partial charge in [0.1, 0.15) is 0 Å². The summed E-state index contributed by atoms with van der Waals surface area (Å²) < 4.78 is 1.30. The molecule has 0 aliphatic rings. The molecular weight excluding hydrogens is 270 g/mol. The van der Waals surface area contributed by atoms with E-state index in [0.29, 0.717) is 0 Å². The van der Waals surface area contributed by atoms with E-state index >= 15 is 0 Å². The van der Waals surface area contributed by atoms with E-state index in [0.717, 1.165) is 0 Å². The number of benzene rings is 1. The van der Waals surface area contributed by atoms with Crippen LogP contribution in [0.15, 0.2) is 24.3 Å². The number of non-ortho nitro benzene ring substituents is 1. The molecule has 1 aromatic carbocycles. The summed E-state index contributed by atoms with van der Waals surface area (Å²) in [7, 11) is 0. The van der Waals surface area contributed by atoms with Crippen LogP contribution in [-0.2, 0) is 0 Å². The van der Waals surface area contributed by atoms with Crippen molar-refractivity contribution >= 4 is 28.9 Å². The Labute approximate surface area is 78.2 Å². The Morgan fingerprint density at radius 3 is 2.08 bits per heavy atom. The fourth-order valence-electron chi connectivity index (χ4n) is 0.840. The molecule has 1 aromatic rings. The van der Waals surface area contributed by atoms with Crippen LogP contribution in [0.2, 0.25) is 9.94 Å². The van der Waals surface area contributed by atoms with E-state index in [2.05, 4.69) is 9.94 Å². The first-order valence-corrected chi connectivity index (χ1v) is 9.26. The van der Waals surface area contributed by atoms with Crippen LogP contribution in [0.3, 0.4) is 0 Å². The van der Waals surface area contributed by atoms with Crippen LogP contribution in [0.4, 0.5) is 5.69 Å². The molecule has 0 atom stereocenters. The molecular formula is C8H10NO2Te+. The average Bonchev–Trinajstić information content (AvgIpc) is 2.04. The van der Waals surface area contributed by atoms with Crippen LogP contribution in [0.5, 0.6) is 0 Å². The molecule has 0 radical (unpaired) electrons. The molecule has 0 saturated carbocycles. The summed E-state index contributed by atoms with van der Waals surface area (Å²) in [6.07, 6.45) is 0. The van der Waals surface area contributed by atoms with Crippen molar-refractivity contribution < 1.29 is 4.92 Å². The normalized spacial score (nSPS) is 10.2.